The van der Waals surface area contributed by atoms with Crippen LogP contribution in [0.2, 0.25) is 0 Å². The zero-order chi connectivity index (χ0) is 29.5. The zero-order valence-electron chi connectivity index (χ0n) is 22.9. The van der Waals surface area contributed by atoms with E-state index >= 15 is 0 Å². The van der Waals surface area contributed by atoms with E-state index in [0.717, 1.165) is 46.4 Å². The van der Waals surface area contributed by atoms with Gasteiger partial charge in [-0.25, -0.2) is 15.0 Å². The van der Waals surface area contributed by atoms with Crippen molar-refractivity contribution in [3.63, 3.8) is 0 Å². The largest absolute Gasteiger partial charge is 0.507 e. The number of hydrogen-bond donors (Lipinski definition) is 3. The first-order valence-corrected chi connectivity index (χ1v) is 13.9. The molecule has 3 heterocycles. The van der Waals surface area contributed by atoms with E-state index in [9.17, 15) is 14.7 Å². The van der Waals surface area contributed by atoms with Gasteiger partial charge in [0.05, 0.1) is 22.9 Å². The van der Waals surface area contributed by atoms with Crippen molar-refractivity contribution >= 4 is 29.2 Å². The molecule has 0 bridgehead atoms. The maximum atomic E-state index is 13.0. The van der Waals surface area contributed by atoms with Gasteiger partial charge < -0.3 is 16.2 Å². The van der Waals surface area contributed by atoms with Crippen LogP contribution in [0.15, 0.2) is 97.2 Å². The number of aromatic hydroxyl groups is 1. The van der Waals surface area contributed by atoms with Crippen molar-refractivity contribution in [2.75, 3.05) is 5.73 Å². The molecule has 3 aromatic heterocycles. The van der Waals surface area contributed by atoms with Crippen molar-refractivity contribution < 1.29 is 14.7 Å². The maximum Gasteiger partial charge on any atom is 0.251 e. The number of carbonyl (C=O) groups excluding carboxylic acids is 2. The lowest BCUT2D eigenvalue weighted by Gasteiger charge is -2.16. The number of nitrogens with zero attached hydrogens (tertiary/aromatic N) is 4. The number of fused-ring (bicyclic) bond motifs is 2. The van der Waals surface area contributed by atoms with Gasteiger partial charge in [-0.3, -0.25) is 14.2 Å². The third-order valence-electron chi connectivity index (χ3n) is 7.84. The number of imidazole rings is 1. The molecule has 1 atom stereocenters. The second kappa shape index (κ2) is 10.5. The highest BCUT2D eigenvalue weighted by Gasteiger charge is 2.26. The lowest BCUT2D eigenvalue weighted by molar-refractivity contribution is 0.0936. The summed E-state index contributed by atoms with van der Waals surface area (Å²) in [4.78, 5) is 38.5. The average Bonchev–Trinajstić information content (AvgIpc) is 3.62. The van der Waals surface area contributed by atoms with E-state index in [1.165, 1.54) is 18.2 Å². The second-order valence-electron chi connectivity index (χ2n) is 10.5. The van der Waals surface area contributed by atoms with Crippen LogP contribution in [0.1, 0.15) is 44.3 Å². The van der Waals surface area contributed by atoms with Crippen LogP contribution in [0.4, 0.5) is 5.82 Å². The number of hydrogen-bond acceptors (Lipinski definition) is 7. The van der Waals surface area contributed by atoms with Crippen LogP contribution in [0, 0.1) is 0 Å². The number of nitrogens with two attached hydrogens (primary N) is 1. The zero-order valence-corrected chi connectivity index (χ0v) is 22.9. The number of amides is 1. The first kappa shape index (κ1) is 26.1. The molecule has 0 unspecified atom stereocenters. The number of phenolic OH excluding ortho intramolecular Hbond substituents is 1. The van der Waals surface area contributed by atoms with Crippen molar-refractivity contribution in [2.45, 2.75) is 18.9 Å². The Morgan fingerprint density at radius 3 is 2.65 bits per heavy atom. The highest BCUT2D eigenvalue weighted by atomic mass is 16.3. The molecule has 9 heteroatoms. The quantitative estimate of drug-likeness (QED) is 0.221. The summed E-state index contributed by atoms with van der Waals surface area (Å²) in [5, 5.41) is 12.9. The van der Waals surface area contributed by atoms with Crippen molar-refractivity contribution in [3.05, 3.63) is 119 Å². The summed E-state index contributed by atoms with van der Waals surface area (Å²) in [7, 11) is 0. The Bertz CT molecular complexity index is 2040. The third kappa shape index (κ3) is 4.66. The molecule has 9 nitrogen and oxygen atoms in total. The first-order valence-electron chi connectivity index (χ1n) is 13.9. The fraction of sp³-hybridized carbons (Fsp3) is 0.0882. The molecule has 0 radical (unpaired) electrons. The molecule has 0 spiro atoms. The molecular formula is C34H26N6O3. The van der Waals surface area contributed by atoms with Gasteiger partial charge in [-0.1, -0.05) is 36.4 Å². The molecule has 43 heavy (non-hydrogen) atoms. The van der Waals surface area contributed by atoms with Gasteiger partial charge in [0.15, 0.2) is 17.8 Å². The highest BCUT2D eigenvalue weighted by Crippen LogP contribution is 2.36. The van der Waals surface area contributed by atoms with Gasteiger partial charge in [0.2, 0.25) is 0 Å². The summed E-state index contributed by atoms with van der Waals surface area (Å²) in [6, 6.07) is 27.9. The van der Waals surface area contributed by atoms with Crippen LogP contribution in [0.5, 0.6) is 5.75 Å². The standard InChI is InChI=1S/C34H26N6O3/c35-31-26(7-4-16-36-31)32-38-29-14-13-27(20-5-2-1-3-6-20)37-33(29)40(32)24-10-11-25-21(18-24)8-12-28(25)39-34(43)22-9-15-30(42)23(17-22)19-41/h1-7,9-11,13-19,28,42H,8,12H2,(H2,35,36)(H,39,43)/t28-/m0/s1. The van der Waals surface area contributed by atoms with Crippen LogP contribution in [-0.4, -0.2) is 36.8 Å². The molecule has 6 aromatic rings. The molecule has 210 valence electrons. The molecule has 0 saturated heterocycles. The Balaban J connectivity index is 1.29. The summed E-state index contributed by atoms with van der Waals surface area (Å²) in [6.45, 7) is 0. The van der Waals surface area contributed by atoms with E-state index in [0.29, 0.717) is 34.7 Å². The van der Waals surface area contributed by atoms with Crippen LogP contribution < -0.4 is 11.1 Å². The summed E-state index contributed by atoms with van der Waals surface area (Å²) >= 11 is 0. The van der Waals surface area contributed by atoms with E-state index in [4.69, 9.17) is 15.7 Å². The Morgan fingerprint density at radius 2 is 1.84 bits per heavy atom. The van der Waals surface area contributed by atoms with Crippen molar-refractivity contribution in [1.29, 1.82) is 0 Å². The molecule has 7 rings (SSSR count). The van der Waals surface area contributed by atoms with Crippen molar-refractivity contribution in [2.24, 2.45) is 0 Å². The number of rotatable bonds is 6. The number of anilines is 1. The molecule has 0 aliphatic heterocycles. The average molecular weight is 567 g/mol. The van der Waals surface area contributed by atoms with Gasteiger partial charge >= 0.3 is 0 Å². The maximum absolute atomic E-state index is 13.0. The smallest absolute Gasteiger partial charge is 0.251 e. The lowest BCUT2D eigenvalue weighted by atomic mass is 10.1. The summed E-state index contributed by atoms with van der Waals surface area (Å²) in [5.74, 6) is 0.547. The fourth-order valence-corrected chi connectivity index (χ4v) is 5.68. The topological polar surface area (TPSA) is 136 Å². The minimum absolute atomic E-state index is 0.0748. The predicted octanol–water partition coefficient (Wildman–Crippen LogP) is 5.67. The number of nitrogen functional groups attached to an aromatic ring is 1. The van der Waals surface area contributed by atoms with Crippen molar-refractivity contribution in [1.82, 2.24) is 24.8 Å². The van der Waals surface area contributed by atoms with E-state index in [1.54, 1.807) is 6.20 Å². The summed E-state index contributed by atoms with van der Waals surface area (Å²) in [6.07, 6.45) is 3.68. The third-order valence-corrected chi connectivity index (χ3v) is 7.84. The van der Waals surface area contributed by atoms with Gasteiger partial charge in [-0.2, -0.15) is 0 Å². The van der Waals surface area contributed by atoms with Crippen LogP contribution >= 0.6 is 0 Å². The number of phenols is 1. The molecule has 3 aromatic carbocycles. The normalized spacial score (nSPS) is 14.0. The SMILES string of the molecule is Nc1ncccc1-c1nc2ccc(-c3ccccc3)nc2n1-c1ccc2c(c1)CC[C@@H]2NC(=O)c1ccc(O)c(C=O)c1. The Morgan fingerprint density at radius 1 is 0.977 bits per heavy atom. The molecule has 4 N–H and O–H groups in total. The number of benzene rings is 3. The van der Waals surface area contributed by atoms with Gasteiger partial charge in [0.1, 0.15) is 17.1 Å². The predicted molar refractivity (Wildman–Crippen MR) is 164 cm³/mol. The molecule has 0 fully saturated rings. The van der Waals surface area contributed by atoms with E-state index in [1.807, 2.05) is 71.3 Å². The lowest BCUT2D eigenvalue weighted by Crippen LogP contribution is -2.27. The van der Waals surface area contributed by atoms with Gasteiger partial charge in [-0.15, -0.1) is 0 Å². The minimum Gasteiger partial charge on any atom is -0.507 e. The number of nitrogens with one attached hydrogen (secondary N) is 1. The first-order chi connectivity index (χ1) is 21.0. The monoisotopic (exact) mass is 566 g/mol. The Kier molecular flexibility index (Phi) is 6.39. The number of aldehydes is 1. The number of aryl methyl sites for hydroxylation is 1. The number of aromatic nitrogens is 4. The number of carbonyl (C=O) groups is 2. The van der Waals surface area contributed by atoms with Crippen molar-refractivity contribution in [3.8, 4) is 34.1 Å². The summed E-state index contributed by atoms with van der Waals surface area (Å²) in [5.41, 5.74) is 13.7. The summed E-state index contributed by atoms with van der Waals surface area (Å²) < 4.78 is 2.01. The van der Waals surface area contributed by atoms with Crippen LogP contribution in [0.25, 0.3) is 39.5 Å². The molecule has 1 amide bonds. The molecule has 1 aliphatic carbocycles. The second-order valence-corrected chi connectivity index (χ2v) is 10.5. The Hall–Kier alpha value is -5.83. The minimum atomic E-state index is -0.308. The highest BCUT2D eigenvalue weighted by molar-refractivity contribution is 5.96. The Labute approximate surface area is 246 Å². The molecule has 0 saturated carbocycles. The van der Waals surface area contributed by atoms with Crippen LogP contribution in [-0.2, 0) is 6.42 Å². The van der Waals surface area contributed by atoms with E-state index < -0.39 is 0 Å². The van der Waals surface area contributed by atoms with E-state index in [-0.39, 0.29) is 23.3 Å². The van der Waals surface area contributed by atoms with Gasteiger partial charge in [0.25, 0.3) is 5.91 Å². The van der Waals surface area contributed by atoms with Gasteiger partial charge in [0, 0.05) is 23.0 Å². The van der Waals surface area contributed by atoms with E-state index in [2.05, 4.69) is 16.4 Å². The molecular weight excluding hydrogens is 540 g/mol. The molecule has 1 aliphatic rings. The van der Waals surface area contributed by atoms with Crippen LogP contribution in [0.3, 0.4) is 0 Å². The fourth-order valence-electron chi connectivity index (χ4n) is 5.68. The van der Waals surface area contributed by atoms with Gasteiger partial charge in [-0.05, 0) is 78.6 Å². The number of pyridine rings is 2.